The summed E-state index contributed by atoms with van der Waals surface area (Å²) in [4.78, 5) is 12.0. The standard InChI is InChI=1S/C16H22ClNO2/c1-11-8-12(10-16(2,3)9-11)18-15(19)20-14-7-5-4-6-13(14)17/h4-7,11-12H,8-10H2,1-3H3,(H,18,19). The van der Waals surface area contributed by atoms with Gasteiger partial charge in [0.25, 0.3) is 0 Å². The van der Waals surface area contributed by atoms with Crippen LogP contribution in [0, 0.1) is 11.3 Å². The number of benzene rings is 1. The van der Waals surface area contributed by atoms with E-state index in [1.165, 1.54) is 6.42 Å². The summed E-state index contributed by atoms with van der Waals surface area (Å²) < 4.78 is 5.27. The zero-order chi connectivity index (χ0) is 14.8. The molecule has 1 aromatic carbocycles. The summed E-state index contributed by atoms with van der Waals surface area (Å²) in [5.74, 6) is 1.01. The molecule has 0 aliphatic heterocycles. The fourth-order valence-corrected chi connectivity index (χ4v) is 3.45. The lowest BCUT2D eigenvalue weighted by Gasteiger charge is -2.38. The van der Waals surface area contributed by atoms with Crippen molar-refractivity contribution in [2.75, 3.05) is 0 Å². The molecule has 20 heavy (non-hydrogen) atoms. The quantitative estimate of drug-likeness (QED) is 0.863. The van der Waals surface area contributed by atoms with Gasteiger partial charge in [-0.15, -0.1) is 0 Å². The van der Waals surface area contributed by atoms with Crippen molar-refractivity contribution in [2.24, 2.45) is 11.3 Å². The molecular formula is C16H22ClNO2. The molecule has 1 amide bonds. The van der Waals surface area contributed by atoms with E-state index < -0.39 is 6.09 Å². The van der Waals surface area contributed by atoms with Crippen LogP contribution in [-0.2, 0) is 0 Å². The minimum atomic E-state index is -0.423. The molecule has 110 valence electrons. The Morgan fingerprint density at radius 2 is 2.05 bits per heavy atom. The SMILES string of the molecule is CC1CC(NC(=O)Oc2ccccc2Cl)CC(C)(C)C1. The molecule has 2 rings (SSSR count). The van der Waals surface area contributed by atoms with Crippen molar-refractivity contribution in [1.29, 1.82) is 0 Å². The average molecular weight is 296 g/mol. The Bertz CT molecular complexity index is 487. The third-order valence-electron chi connectivity index (χ3n) is 3.75. The molecule has 2 unspecified atom stereocenters. The number of nitrogens with one attached hydrogen (secondary N) is 1. The lowest BCUT2D eigenvalue weighted by molar-refractivity contribution is 0.142. The number of hydrogen-bond donors (Lipinski definition) is 1. The van der Waals surface area contributed by atoms with Gasteiger partial charge in [0.2, 0.25) is 0 Å². The van der Waals surface area contributed by atoms with E-state index in [2.05, 4.69) is 26.1 Å². The second-order valence-corrected chi connectivity index (χ2v) is 6.98. The molecule has 1 saturated carbocycles. The first kappa shape index (κ1) is 15.2. The first-order valence-electron chi connectivity index (χ1n) is 7.08. The lowest BCUT2D eigenvalue weighted by Crippen LogP contribution is -2.44. The molecule has 1 aromatic rings. The van der Waals surface area contributed by atoms with Crippen LogP contribution < -0.4 is 10.1 Å². The molecule has 0 saturated heterocycles. The van der Waals surface area contributed by atoms with E-state index in [0.717, 1.165) is 12.8 Å². The van der Waals surface area contributed by atoms with Gasteiger partial charge in [0, 0.05) is 6.04 Å². The lowest BCUT2D eigenvalue weighted by atomic mass is 9.71. The highest BCUT2D eigenvalue weighted by molar-refractivity contribution is 6.32. The molecule has 2 atom stereocenters. The van der Waals surface area contributed by atoms with Gasteiger partial charge < -0.3 is 10.1 Å². The number of amides is 1. The predicted molar refractivity (Wildman–Crippen MR) is 81.2 cm³/mol. The molecule has 0 radical (unpaired) electrons. The van der Waals surface area contributed by atoms with Gasteiger partial charge in [-0.05, 0) is 42.7 Å². The van der Waals surface area contributed by atoms with Crippen molar-refractivity contribution in [1.82, 2.24) is 5.32 Å². The van der Waals surface area contributed by atoms with Crippen LogP contribution in [-0.4, -0.2) is 12.1 Å². The van der Waals surface area contributed by atoms with Crippen LogP contribution in [0.5, 0.6) is 5.75 Å². The topological polar surface area (TPSA) is 38.3 Å². The van der Waals surface area contributed by atoms with E-state index in [-0.39, 0.29) is 11.5 Å². The minimum absolute atomic E-state index is 0.170. The van der Waals surface area contributed by atoms with E-state index >= 15 is 0 Å². The molecule has 0 aromatic heterocycles. The molecule has 1 aliphatic carbocycles. The Hall–Kier alpha value is -1.22. The molecule has 4 heteroatoms. The first-order valence-corrected chi connectivity index (χ1v) is 7.46. The molecule has 0 spiro atoms. The number of hydrogen-bond acceptors (Lipinski definition) is 2. The number of para-hydroxylation sites is 1. The van der Waals surface area contributed by atoms with Crippen molar-refractivity contribution >= 4 is 17.7 Å². The van der Waals surface area contributed by atoms with Crippen LogP contribution in [0.1, 0.15) is 40.0 Å². The van der Waals surface area contributed by atoms with Crippen LogP contribution in [0.4, 0.5) is 4.79 Å². The maximum Gasteiger partial charge on any atom is 0.412 e. The van der Waals surface area contributed by atoms with Gasteiger partial charge in [-0.2, -0.15) is 0 Å². The summed E-state index contributed by atoms with van der Waals surface area (Å²) in [5.41, 5.74) is 0.264. The van der Waals surface area contributed by atoms with Crippen LogP contribution in [0.25, 0.3) is 0 Å². The van der Waals surface area contributed by atoms with Gasteiger partial charge in [-0.25, -0.2) is 4.79 Å². The number of rotatable bonds is 2. The van der Waals surface area contributed by atoms with Crippen LogP contribution >= 0.6 is 11.6 Å². The van der Waals surface area contributed by atoms with Gasteiger partial charge in [0.05, 0.1) is 5.02 Å². The maximum absolute atomic E-state index is 12.0. The summed E-state index contributed by atoms with van der Waals surface area (Å²) >= 11 is 5.97. The average Bonchev–Trinajstić information content (AvgIpc) is 2.29. The van der Waals surface area contributed by atoms with Crippen LogP contribution in [0.3, 0.4) is 0 Å². The van der Waals surface area contributed by atoms with Crippen molar-refractivity contribution in [3.05, 3.63) is 29.3 Å². The summed E-state index contributed by atoms with van der Waals surface area (Å²) in [5, 5.41) is 3.41. The zero-order valence-electron chi connectivity index (χ0n) is 12.3. The highest BCUT2D eigenvalue weighted by atomic mass is 35.5. The molecular weight excluding hydrogens is 274 g/mol. The minimum Gasteiger partial charge on any atom is -0.409 e. The van der Waals surface area contributed by atoms with Crippen LogP contribution in [0.2, 0.25) is 5.02 Å². The third-order valence-corrected chi connectivity index (χ3v) is 4.06. The van der Waals surface area contributed by atoms with Gasteiger partial charge in [0.1, 0.15) is 0 Å². The number of ether oxygens (including phenoxy) is 1. The monoisotopic (exact) mass is 295 g/mol. The van der Waals surface area contributed by atoms with Crippen molar-refractivity contribution in [3.8, 4) is 5.75 Å². The van der Waals surface area contributed by atoms with E-state index in [1.807, 2.05) is 0 Å². The van der Waals surface area contributed by atoms with Gasteiger partial charge in [-0.1, -0.05) is 44.5 Å². The number of carbonyl (C=O) groups is 1. The summed E-state index contributed by atoms with van der Waals surface area (Å²) in [6.07, 6.45) is 2.76. The molecule has 3 nitrogen and oxygen atoms in total. The van der Waals surface area contributed by atoms with E-state index in [4.69, 9.17) is 16.3 Å². The fraction of sp³-hybridized carbons (Fsp3) is 0.562. The Balaban J connectivity index is 1.93. The molecule has 1 aliphatic rings. The molecule has 1 fully saturated rings. The summed E-state index contributed by atoms with van der Waals surface area (Å²) in [7, 11) is 0. The van der Waals surface area contributed by atoms with E-state index in [1.54, 1.807) is 24.3 Å². The Morgan fingerprint density at radius 1 is 1.35 bits per heavy atom. The highest BCUT2D eigenvalue weighted by Gasteiger charge is 2.33. The van der Waals surface area contributed by atoms with Crippen molar-refractivity contribution < 1.29 is 9.53 Å². The van der Waals surface area contributed by atoms with Gasteiger partial charge in [0.15, 0.2) is 5.75 Å². The Labute approximate surface area is 125 Å². The molecule has 0 heterocycles. The Kier molecular flexibility index (Phi) is 4.59. The largest absolute Gasteiger partial charge is 0.412 e. The fourth-order valence-electron chi connectivity index (χ4n) is 3.28. The van der Waals surface area contributed by atoms with Crippen molar-refractivity contribution in [3.63, 3.8) is 0 Å². The van der Waals surface area contributed by atoms with Gasteiger partial charge in [-0.3, -0.25) is 0 Å². The van der Waals surface area contributed by atoms with Gasteiger partial charge >= 0.3 is 6.09 Å². The third kappa shape index (κ3) is 4.14. The number of carbonyl (C=O) groups excluding carboxylic acids is 1. The smallest absolute Gasteiger partial charge is 0.409 e. The highest BCUT2D eigenvalue weighted by Crippen LogP contribution is 2.38. The van der Waals surface area contributed by atoms with Crippen LogP contribution in [0.15, 0.2) is 24.3 Å². The number of halogens is 1. The molecule has 1 N–H and O–H groups in total. The summed E-state index contributed by atoms with van der Waals surface area (Å²) in [6.45, 7) is 6.72. The molecule has 0 bridgehead atoms. The Morgan fingerprint density at radius 3 is 2.70 bits per heavy atom. The van der Waals surface area contributed by atoms with Crippen molar-refractivity contribution in [2.45, 2.75) is 46.1 Å². The zero-order valence-corrected chi connectivity index (χ0v) is 13.0. The maximum atomic E-state index is 12.0. The predicted octanol–water partition coefficient (Wildman–Crippen LogP) is 4.64. The second kappa shape index (κ2) is 6.04. The normalized spacial score (nSPS) is 25.0. The van der Waals surface area contributed by atoms with E-state index in [9.17, 15) is 4.79 Å². The second-order valence-electron chi connectivity index (χ2n) is 6.57. The summed E-state index contributed by atoms with van der Waals surface area (Å²) in [6, 6.07) is 7.16. The van der Waals surface area contributed by atoms with E-state index in [0.29, 0.717) is 16.7 Å². The first-order chi connectivity index (χ1) is 9.35.